The van der Waals surface area contributed by atoms with Crippen molar-refractivity contribution in [3.8, 4) is 5.75 Å². The van der Waals surface area contributed by atoms with Gasteiger partial charge in [-0.25, -0.2) is 5.84 Å². The van der Waals surface area contributed by atoms with Crippen LogP contribution >= 0.6 is 0 Å². The molecule has 0 saturated carbocycles. The highest BCUT2D eigenvalue weighted by atomic mass is 16.5. The zero-order valence-corrected chi connectivity index (χ0v) is 14.6. The van der Waals surface area contributed by atoms with Crippen molar-refractivity contribution >= 4 is 11.8 Å². The quantitative estimate of drug-likeness (QED) is 0.490. The molecule has 1 saturated heterocycles. The summed E-state index contributed by atoms with van der Waals surface area (Å²) in [5, 5.41) is 0. The fourth-order valence-electron chi connectivity index (χ4n) is 3.17. The maximum atomic E-state index is 13.0. The molecule has 26 heavy (non-hydrogen) atoms. The predicted octanol–water partition coefficient (Wildman–Crippen LogP) is 2.11. The van der Waals surface area contributed by atoms with E-state index in [1.807, 2.05) is 42.5 Å². The summed E-state index contributed by atoms with van der Waals surface area (Å²) < 4.78 is 5.88. The minimum atomic E-state index is -0.268. The first-order valence-electron chi connectivity index (χ1n) is 8.74. The first-order valence-corrected chi connectivity index (χ1v) is 8.74. The fraction of sp³-hybridized carbons (Fsp3) is 0.300. The van der Waals surface area contributed by atoms with Gasteiger partial charge in [0.1, 0.15) is 12.4 Å². The van der Waals surface area contributed by atoms with E-state index in [2.05, 4.69) is 5.43 Å². The minimum Gasteiger partial charge on any atom is -0.488 e. The maximum Gasteiger partial charge on any atom is 0.257 e. The van der Waals surface area contributed by atoms with Gasteiger partial charge in [0.25, 0.3) is 5.91 Å². The molecule has 2 aromatic carbocycles. The molecule has 0 aliphatic carbocycles. The van der Waals surface area contributed by atoms with Gasteiger partial charge in [0.15, 0.2) is 0 Å². The number of likely N-dealkylation sites (tertiary alicyclic amines) is 1. The molecular formula is C20H23N3O3. The van der Waals surface area contributed by atoms with Crippen molar-refractivity contribution in [1.82, 2.24) is 10.3 Å². The second-order valence-electron chi connectivity index (χ2n) is 6.37. The highest BCUT2D eigenvalue weighted by molar-refractivity contribution is 5.97. The molecule has 1 fully saturated rings. The monoisotopic (exact) mass is 353 g/mol. The molecule has 136 valence electrons. The van der Waals surface area contributed by atoms with Crippen molar-refractivity contribution in [2.45, 2.75) is 19.4 Å². The lowest BCUT2D eigenvalue weighted by Gasteiger charge is -2.32. The summed E-state index contributed by atoms with van der Waals surface area (Å²) in [6.45, 7) is 1.39. The Balaban J connectivity index is 1.72. The molecule has 3 rings (SSSR count). The molecule has 1 aliphatic rings. The van der Waals surface area contributed by atoms with Crippen LogP contribution in [0, 0.1) is 5.92 Å². The van der Waals surface area contributed by atoms with Crippen molar-refractivity contribution in [3.63, 3.8) is 0 Å². The molecular weight excluding hydrogens is 330 g/mol. The van der Waals surface area contributed by atoms with Crippen LogP contribution in [0.1, 0.15) is 28.8 Å². The third-order valence-corrected chi connectivity index (χ3v) is 4.58. The minimum absolute atomic E-state index is 0.122. The van der Waals surface area contributed by atoms with Gasteiger partial charge in [0.05, 0.1) is 11.5 Å². The van der Waals surface area contributed by atoms with E-state index in [-0.39, 0.29) is 17.7 Å². The lowest BCUT2D eigenvalue weighted by molar-refractivity contribution is -0.126. The van der Waals surface area contributed by atoms with Crippen molar-refractivity contribution in [1.29, 1.82) is 0 Å². The Hall–Kier alpha value is -2.86. The lowest BCUT2D eigenvalue weighted by atomic mass is 9.96. The van der Waals surface area contributed by atoms with Gasteiger partial charge < -0.3 is 9.64 Å². The summed E-state index contributed by atoms with van der Waals surface area (Å²) in [4.78, 5) is 26.5. The van der Waals surface area contributed by atoms with E-state index in [0.29, 0.717) is 31.0 Å². The Morgan fingerprint density at radius 2 is 1.85 bits per heavy atom. The Kier molecular flexibility index (Phi) is 5.86. The Morgan fingerprint density at radius 3 is 2.62 bits per heavy atom. The van der Waals surface area contributed by atoms with Crippen molar-refractivity contribution in [3.05, 3.63) is 65.7 Å². The zero-order chi connectivity index (χ0) is 18.4. The third kappa shape index (κ3) is 4.21. The topological polar surface area (TPSA) is 84.7 Å². The van der Waals surface area contributed by atoms with E-state index in [1.165, 1.54) is 0 Å². The summed E-state index contributed by atoms with van der Waals surface area (Å²) in [5.74, 6) is 5.16. The van der Waals surface area contributed by atoms with Crippen LogP contribution in [0.2, 0.25) is 0 Å². The second kappa shape index (κ2) is 8.49. The number of rotatable bonds is 5. The number of hydrogen-bond donors (Lipinski definition) is 2. The van der Waals surface area contributed by atoms with E-state index in [0.717, 1.165) is 18.4 Å². The fourth-order valence-corrected chi connectivity index (χ4v) is 3.17. The molecule has 2 amide bonds. The average Bonchev–Trinajstić information content (AvgIpc) is 2.72. The van der Waals surface area contributed by atoms with Crippen LogP contribution in [0.4, 0.5) is 0 Å². The van der Waals surface area contributed by atoms with Crippen LogP contribution in [0.3, 0.4) is 0 Å². The molecule has 1 atom stereocenters. The summed E-state index contributed by atoms with van der Waals surface area (Å²) in [7, 11) is 0. The van der Waals surface area contributed by atoms with Gasteiger partial charge >= 0.3 is 0 Å². The molecule has 3 N–H and O–H groups in total. The number of amides is 2. The number of hydrogen-bond acceptors (Lipinski definition) is 4. The van der Waals surface area contributed by atoms with Gasteiger partial charge in [-0.3, -0.25) is 15.0 Å². The summed E-state index contributed by atoms with van der Waals surface area (Å²) >= 11 is 0. The van der Waals surface area contributed by atoms with Crippen molar-refractivity contribution in [2.75, 3.05) is 13.1 Å². The van der Waals surface area contributed by atoms with Crippen molar-refractivity contribution in [2.24, 2.45) is 11.8 Å². The van der Waals surface area contributed by atoms with E-state index >= 15 is 0 Å². The van der Waals surface area contributed by atoms with Gasteiger partial charge in [0, 0.05) is 13.1 Å². The molecule has 1 heterocycles. The molecule has 6 heteroatoms. The van der Waals surface area contributed by atoms with Crippen LogP contribution < -0.4 is 16.0 Å². The number of nitrogens with two attached hydrogens (primary N) is 1. The number of nitrogens with one attached hydrogen (secondary N) is 1. The number of hydrazine groups is 1. The van der Waals surface area contributed by atoms with Crippen LogP contribution in [-0.4, -0.2) is 29.8 Å². The number of carbonyl (C=O) groups is 2. The summed E-state index contributed by atoms with van der Waals surface area (Å²) in [5.41, 5.74) is 3.73. The Morgan fingerprint density at radius 1 is 1.12 bits per heavy atom. The molecule has 0 spiro atoms. The highest BCUT2D eigenvalue weighted by Gasteiger charge is 2.29. The first kappa shape index (κ1) is 17.9. The van der Waals surface area contributed by atoms with Crippen LogP contribution in [-0.2, 0) is 11.4 Å². The SMILES string of the molecule is NNC(=O)C1CCCN(C(=O)c2ccccc2OCc2ccccc2)C1. The number of piperidine rings is 1. The molecule has 0 radical (unpaired) electrons. The molecule has 0 bridgehead atoms. The lowest BCUT2D eigenvalue weighted by Crippen LogP contribution is -2.47. The number of benzene rings is 2. The van der Waals surface area contributed by atoms with E-state index in [9.17, 15) is 9.59 Å². The van der Waals surface area contributed by atoms with Gasteiger partial charge in [-0.05, 0) is 30.5 Å². The second-order valence-corrected chi connectivity index (χ2v) is 6.37. The van der Waals surface area contributed by atoms with Crippen LogP contribution in [0.25, 0.3) is 0 Å². The Labute approximate surface area is 152 Å². The largest absolute Gasteiger partial charge is 0.488 e. The highest BCUT2D eigenvalue weighted by Crippen LogP contribution is 2.24. The molecule has 1 aliphatic heterocycles. The van der Waals surface area contributed by atoms with E-state index in [4.69, 9.17) is 10.6 Å². The maximum absolute atomic E-state index is 13.0. The zero-order valence-electron chi connectivity index (χ0n) is 14.6. The third-order valence-electron chi connectivity index (χ3n) is 4.58. The average molecular weight is 353 g/mol. The number of para-hydroxylation sites is 1. The molecule has 0 aromatic heterocycles. The van der Waals surface area contributed by atoms with Crippen molar-refractivity contribution < 1.29 is 14.3 Å². The number of carbonyl (C=O) groups excluding carboxylic acids is 2. The van der Waals surface area contributed by atoms with Gasteiger partial charge in [-0.15, -0.1) is 0 Å². The molecule has 2 aromatic rings. The summed E-state index contributed by atoms with van der Waals surface area (Å²) in [6.07, 6.45) is 1.51. The van der Waals surface area contributed by atoms with Gasteiger partial charge in [-0.1, -0.05) is 42.5 Å². The molecule has 6 nitrogen and oxygen atoms in total. The van der Waals surface area contributed by atoms with Gasteiger partial charge in [-0.2, -0.15) is 0 Å². The Bertz CT molecular complexity index is 764. The van der Waals surface area contributed by atoms with Gasteiger partial charge in [0.2, 0.25) is 5.91 Å². The van der Waals surface area contributed by atoms with Crippen LogP contribution in [0.15, 0.2) is 54.6 Å². The smallest absolute Gasteiger partial charge is 0.257 e. The van der Waals surface area contributed by atoms with Crippen LogP contribution in [0.5, 0.6) is 5.75 Å². The predicted molar refractivity (Wildman–Crippen MR) is 98.2 cm³/mol. The first-order chi connectivity index (χ1) is 12.7. The van der Waals surface area contributed by atoms with E-state index < -0.39 is 0 Å². The number of nitrogens with zero attached hydrogens (tertiary/aromatic N) is 1. The van der Waals surface area contributed by atoms with E-state index in [1.54, 1.807) is 17.0 Å². The standard InChI is InChI=1S/C20H23N3O3/c21-22-19(24)16-9-6-12-23(13-16)20(25)17-10-4-5-11-18(17)26-14-15-7-2-1-3-8-15/h1-5,7-8,10-11,16H,6,9,12-14,21H2,(H,22,24). The summed E-state index contributed by atoms with van der Waals surface area (Å²) in [6, 6.07) is 17.0. The normalized spacial score (nSPS) is 16.8. The molecule has 1 unspecified atom stereocenters. The number of ether oxygens (including phenoxy) is 1.